The highest BCUT2D eigenvalue weighted by atomic mass is 16.6. The average Bonchev–Trinajstić information content (AvgIpc) is 3.44. The number of unbranched alkanes of at least 4 members (excludes halogenated alkanes) is 21. The maximum atomic E-state index is 12.9. The van der Waals surface area contributed by atoms with Gasteiger partial charge in [-0.15, -0.1) is 0 Å². The van der Waals surface area contributed by atoms with E-state index in [0.717, 1.165) is 135 Å². The van der Waals surface area contributed by atoms with Gasteiger partial charge in [0.25, 0.3) is 0 Å². The van der Waals surface area contributed by atoms with Crippen LogP contribution in [0.3, 0.4) is 0 Å². The first kappa shape index (κ1) is 73.3. The van der Waals surface area contributed by atoms with Gasteiger partial charge in [-0.3, -0.25) is 14.4 Å². The van der Waals surface area contributed by atoms with E-state index in [-0.39, 0.29) is 37.5 Å². The van der Waals surface area contributed by atoms with E-state index in [1.54, 1.807) is 0 Å². The first-order valence-corrected chi connectivity index (χ1v) is 31.8. The molecule has 0 aromatic rings. The molecule has 0 N–H and O–H groups in total. The summed E-state index contributed by atoms with van der Waals surface area (Å²) in [6.07, 6.45) is 92.9. The van der Waals surface area contributed by atoms with Crippen molar-refractivity contribution in [2.45, 2.75) is 277 Å². The predicted molar refractivity (Wildman–Crippen MR) is 339 cm³/mol. The highest BCUT2D eigenvalue weighted by Crippen LogP contribution is 2.15. The molecule has 0 aromatic carbocycles. The zero-order valence-electron chi connectivity index (χ0n) is 50.4. The Morgan fingerprint density at radius 1 is 0.269 bits per heavy atom. The summed E-state index contributed by atoms with van der Waals surface area (Å²) in [5.74, 6) is -0.982. The van der Waals surface area contributed by atoms with E-state index in [1.807, 2.05) is 0 Å². The van der Waals surface area contributed by atoms with Crippen molar-refractivity contribution < 1.29 is 28.6 Å². The predicted octanol–water partition coefficient (Wildman–Crippen LogP) is 21.9. The topological polar surface area (TPSA) is 78.9 Å². The largest absolute Gasteiger partial charge is 0.462 e. The lowest BCUT2D eigenvalue weighted by Crippen LogP contribution is -2.30. The van der Waals surface area contributed by atoms with Crippen LogP contribution in [0.5, 0.6) is 0 Å². The van der Waals surface area contributed by atoms with Gasteiger partial charge in [0.15, 0.2) is 6.10 Å². The van der Waals surface area contributed by atoms with Crippen LogP contribution in [0.1, 0.15) is 271 Å². The molecule has 6 nitrogen and oxygen atoms in total. The number of ether oxygens (including phenoxy) is 3. The summed E-state index contributed by atoms with van der Waals surface area (Å²) in [5.41, 5.74) is 0. The molecular weight excluding hydrogens is 961 g/mol. The zero-order valence-corrected chi connectivity index (χ0v) is 50.4. The fourth-order valence-corrected chi connectivity index (χ4v) is 8.36. The Hall–Kier alpha value is -4.71. The van der Waals surface area contributed by atoms with Crippen molar-refractivity contribution in [3.8, 4) is 0 Å². The average molecular weight is 1080 g/mol. The molecule has 0 fully saturated rings. The summed E-state index contributed by atoms with van der Waals surface area (Å²) >= 11 is 0. The zero-order chi connectivity index (χ0) is 56.4. The minimum Gasteiger partial charge on any atom is -0.462 e. The maximum Gasteiger partial charge on any atom is 0.306 e. The third-order valence-corrected chi connectivity index (χ3v) is 13.1. The van der Waals surface area contributed by atoms with Crippen molar-refractivity contribution in [3.05, 3.63) is 146 Å². The molecule has 0 bridgehead atoms. The van der Waals surface area contributed by atoms with Crippen LogP contribution >= 0.6 is 0 Å². The molecule has 0 heterocycles. The van der Waals surface area contributed by atoms with Gasteiger partial charge in [0.05, 0.1) is 0 Å². The summed E-state index contributed by atoms with van der Waals surface area (Å²) < 4.78 is 16.8. The second-order valence-electron chi connectivity index (χ2n) is 20.5. The van der Waals surface area contributed by atoms with Crippen molar-refractivity contribution in [3.63, 3.8) is 0 Å². The van der Waals surface area contributed by atoms with E-state index in [4.69, 9.17) is 14.2 Å². The second kappa shape index (κ2) is 64.8. The molecule has 0 aliphatic rings. The molecule has 0 amide bonds. The van der Waals surface area contributed by atoms with Crippen LogP contribution in [-0.2, 0) is 28.6 Å². The van der Waals surface area contributed by atoms with Gasteiger partial charge < -0.3 is 14.2 Å². The van der Waals surface area contributed by atoms with Gasteiger partial charge in [0, 0.05) is 19.3 Å². The fourth-order valence-electron chi connectivity index (χ4n) is 8.36. The van der Waals surface area contributed by atoms with Gasteiger partial charge in [-0.2, -0.15) is 0 Å². The summed E-state index contributed by atoms with van der Waals surface area (Å²) in [4.78, 5) is 38.3. The van der Waals surface area contributed by atoms with Crippen LogP contribution in [0, 0.1) is 0 Å². The number of hydrogen-bond donors (Lipinski definition) is 0. The molecule has 0 aromatic heterocycles. The highest BCUT2D eigenvalue weighted by molar-refractivity contribution is 5.71. The van der Waals surface area contributed by atoms with E-state index >= 15 is 0 Å². The van der Waals surface area contributed by atoms with E-state index in [2.05, 4.69) is 167 Å². The van der Waals surface area contributed by atoms with Crippen molar-refractivity contribution in [1.29, 1.82) is 0 Å². The molecule has 1 atom stereocenters. The first-order chi connectivity index (χ1) is 38.5. The Labute approximate surface area is 480 Å². The molecule has 440 valence electrons. The molecule has 0 aliphatic heterocycles. The Kier molecular flexibility index (Phi) is 60.9. The van der Waals surface area contributed by atoms with Gasteiger partial charge >= 0.3 is 17.9 Å². The van der Waals surface area contributed by atoms with Crippen molar-refractivity contribution in [2.24, 2.45) is 0 Å². The minimum absolute atomic E-state index is 0.110. The van der Waals surface area contributed by atoms with Crippen LogP contribution in [0.4, 0.5) is 0 Å². The first-order valence-electron chi connectivity index (χ1n) is 31.8. The van der Waals surface area contributed by atoms with Crippen molar-refractivity contribution in [1.82, 2.24) is 0 Å². The van der Waals surface area contributed by atoms with E-state index in [0.29, 0.717) is 19.3 Å². The number of allylic oxidation sites excluding steroid dienone is 24. The van der Waals surface area contributed by atoms with Gasteiger partial charge in [0.2, 0.25) is 0 Å². The molecule has 78 heavy (non-hydrogen) atoms. The van der Waals surface area contributed by atoms with Crippen LogP contribution in [-0.4, -0.2) is 37.2 Å². The molecule has 1 unspecified atom stereocenters. The van der Waals surface area contributed by atoms with Gasteiger partial charge in [-0.05, 0) is 135 Å². The SMILES string of the molecule is CC/C=C\C/C=C\C/C=C\C/C=C\C/C=C\C/C=C\CCCCCCCCCCCCC(=O)OCC(COC(=O)CCCCCCC/C=C\CCCCCCC)OC(=O)CCC/C=C\C/C=C\C/C=C\C/C=C\C/C=C\CC. The molecule has 0 saturated heterocycles. The molecule has 0 radical (unpaired) electrons. The molecule has 0 aliphatic carbocycles. The van der Waals surface area contributed by atoms with Crippen LogP contribution in [0.15, 0.2) is 146 Å². The second-order valence-corrected chi connectivity index (χ2v) is 20.5. The number of hydrogen-bond acceptors (Lipinski definition) is 6. The lowest BCUT2D eigenvalue weighted by Gasteiger charge is -2.18. The summed E-state index contributed by atoms with van der Waals surface area (Å²) in [7, 11) is 0. The summed E-state index contributed by atoms with van der Waals surface area (Å²) in [6.45, 7) is 6.35. The maximum absolute atomic E-state index is 12.9. The van der Waals surface area contributed by atoms with E-state index in [1.165, 1.54) is 89.9 Å². The Morgan fingerprint density at radius 3 is 0.833 bits per heavy atom. The number of rotatable bonds is 56. The van der Waals surface area contributed by atoms with Crippen molar-refractivity contribution in [2.75, 3.05) is 13.2 Å². The third kappa shape index (κ3) is 62.1. The fraction of sp³-hybridized carbons (Fsp3) is 0.625. The number of carbonyl (C=O) groups is 3. The molecule has 0 rings (SSSR count). The standard InChI is InChI=1S/C72H116O6/c1-4-7-10-13-16-19-22-25-28-30-31-32-33-34-35-36-37-38-39-40-41-43-44-47-50-53-56-59-62-65-71(74)77-68-69(67-76-70(73)64-61-58-55-52-49-46-27-24-21-18-15-12-9-6-3)78-72(75)66-63-60-57-54-51-48-45-42-29-26-23-20-17-14-11-8-5-2/h7-8,10-11,16-17,19-20,24-29,31-32,34-35,37-38,45,48,54,57,69H,4-6,9,12-15,18,21-23,30,33,36,39-44,46-47,49-53,55-56,58-68H2,1-3H3/b10-7-,11-8-,19-16-,20-17-,27-24-,28-25-,29-26-,32-31-,35-34-,38-37-,48-45-,57-54-. The third-order valence-electron chi connectivity index (χ3n) is 13.1. The Bertz CT molecular complexity index is 1710. The summed E-state index contributed by atoms with van der Waals surface area (Å²) in [5, 5.41) is 0. The van der Waals surface area contributed by atoms with Crippen LogP contribution in [0.25, 0.3) is 0 Å². The van der Waals surface area contributed by atoms with Gasteiger partial charge in [0.1, 0.15) is 13.2 Å². The van der Waals surface area contributed by atoms with Gasteiger partial charge in [-0.1, -0.05) is 263 Å². The molecule has 6 heteroatoms. The summed E-state index contributed by atoms with van der Waals surface area (Å²) in [6, 6.07) is 0. The highest BCUT2D eigenvalue weighted by Gasteiger charge is 2.19. The molecular formula is C72H116O6. The van der Waals surface area contributed by atoms with E-state index in [9.17, 15) is 14.4 Å². The van der Waals surface area contributed by atoms with Gasteiger partial charge in [-0.25, -0.2) is 0 Å². The number of esters is 3. The Morgan fingerprint density at radius 2 is 0.513 bits per heavy atom. The Balaban J connectivity index is 4.39. The minimum atomic E-state index is -0.819. The normalized spacial score (nSPS) is 13.1. The molecule has 0 spiro atoms. The quantitative estimate of drug-likeness (QED) is 0.0261. The molecule has 0 saturated carbocycles. The number of carbonyl (C=O) groups excluding carboxylic acids is 3. The lowest BCUT2D eigenvalue weighted by atomic mass is 10.1. The monoisotopic (exact) mass is 1080 g/mol. The van der Waals surface area contributed by atoms with Crippen LogP contribution < -0.4 is 0 Å². The lowest BCUT2D eigenvalue weighted by molar-refractivity contribution is -0.167. The smallest absolute Gasteiger partial charge is 0.306 e. The van der Waals surface area contributed by atoms with Crippen LogP contribution in [0.2, 0.25) is 0 Å². The van der Waals surface area contributed by atoms with E-state index < -0.39 is 6.10 Å². The van der Waals surface area contributed by atoms with Crippen molar-refractivity contribution >= 4 is 17.9 Å².